The fourth-order valence-electron chi connectivity index (χ4n) is 2.04. The molecule has 0 spiro atoms. The molecule has 1 saturated heterocycles. The number of nitrogens with zero attached hydrogens (tertiary/aromatic N) is 3. The Morgan fingerprint density at radius 3 is 2.53 bits per heavy atom. The molecule has 17 heavy (non-hydrogen) atoms. The van der Waals surface area contributed by atoms with Crippen LogP contribution in [0.4, 0.5) is 0 Å². The van der Waals surface area contributed by atoms with Crippen LogP contribution in [0, 0.1) is 6.92 Å². The van der Waals surface area contributed by atoms with E-state index in [0.29, 0.717) is 0 Å². The zero-order valence-corrected chi connectivity index (χ0v) is 11.5. The van der Waals surface area contributed by atoms with Gasteiger partial charge in [0, 0.05) is 33.1 Å². The van der Waals surface area contributed by atoms with Crippen molar-refractivity contribution in [2.24, 2.45) is 0 Å². The molecule has 0 N–H and O–H groups in total. The van der Waals surface area contributed by atoms with Gasteiger partial charge < -0.3 is 4.90 Å². The molecule has 0 unspecified atom stereocenters. The summed E-state index contributed by atoms with van der Waals surface area (Å²) in [5, 5.41) is 1.07. The lowest BCUT2D eigenvalue weighted by molar-refractivity contribution is 0.102. The SMILES string of the molecule is CC(=O)c1sc(CN2CCN(C)CC2)nc1C. The Morgan fingerprint density at radius 1 is 1.35 bits per heavy atom. The van der Waals surface area contributed by atoms with E-state index in [1.54, 1.807) is 18.3 Å². The number of rotatable bonds is 3. The first-order valence-corrected chi connectivity index (χ1v) is 6.76. The number of piperazine rings is 1. The minimum absolute atomic E-state index is 0.129. The van der Waals surface area contributed by atoms with Crippen LogP contribution in [0.15, 0.2) is 0 Å². The van der Waals surface area contributed by atoms with Gasteiger partial charge in [0.25, 0.3) is 0 Å². The van der Waals surface area contributed by atoms with Gasteiger partial charge >= 0.3 is 0 Å². The van der Waals surface area contributed by atoms with E-state index in [1.165, 1.54) is 0 Å². The summed E-state index contributed by atoms with van der Waals surface area (Å²) >= 11 is 1.55. The van der Waals surface area contributed by atoms with Crippen molar-refractivity contribution in [2.75, 3.05) is 33.2 Å². The van der Waals surface area contributed by atoms with Crippen LogP contribution < -0.4 is 0 Å². The van der Waals surface area contributed by atoms with Crippen molar-refractivity contribution in [1.29, 1.82) is 0 Å². The number of hydrogen-bond acceptors (Lipinski definition) is 5. The molecule has 0 aliphatic carbocycles. The highest BCUT2D eigenvalue weighted by atomic mass is 32.1. The van der Waals surface area contributed by atoms with Crippen LogP contribution in [0.2, 0.25) is 0 Å². The molecule has 5 heteroatoms. The summed E-state index contributed by atoms with van der Waals surface area (Å²) in [4.78, 5) is 21.4. The van der Waals surface area contributed by atoms with Gasteiger partial charge in [0.2, 0.25) is 0 Å². The Kier molecular flexibility index (Phi) is 3.91. The first-order chi connectivity index (χ1) is 8.06. The Labute approximate surface area is 106 Å². The minimum Gasteiger partial charge on any atom is -0.304 e. The Balaban J connectivity index is 1.99. The molecular weight excluding hydrogens is 234 g/mol. The van der Waals surface area contributed by atoms with Gasteiger partial charge in [-0.2, -0.15) is 0 Å². The number of carbonyl (C=O) groups excluding carboxylic acids is 1. The molecule has 1 aromatic heterocycles. The molecule has 0 radical (unpaired) electrons. The number of aryl methyl sites for hydroxylation is 1. The molecule has 2 heterocycles. The molecule has 0 aromatic carbocycles. The largest absolute Gasteiger partial charge is 0.304 e. The maximum absolute atomic E-state index is 11.4. The molecule has 1 fully saturated rings. The Morgan fingerprint density at radius 2 is 2.00 bits per heavy atom. The van der Waals surface area contributed by atoms with E-state index in [9.17, 15) is 4.79 Å². The summed E-state index contributed by atoms with van der Waals surface area (Å²) in [6, 6.07) is 0. The van der Waals surface area contributed by atoms with Crippen LogP contribution in [-0.2, 0) is 6.54 Å². The van der Waals surface area contributed by atoms with Gasteiger partial charge in [-0.1, -0.05) is 0 Å². The summed E-state index contributed by atoms with van der Waals surface area (Å²) in [5.74, 6) is 0.129. The van der Waals surface area contributed by atoms with Crippen LogP contribution in [0.25, 0.3) is 0 Å². The second-order valence-electron chi connectivity index (χ2n) is 4.66. The van der Waals surface area contributed by atoms with E-state index in [0.717, 1.165) is 48.3 Å². The average molecular weight is 253 g/mol. The monoisotopic (exact) mass is 253 g/mol. The molecular formula is C12H19N3OS. The highest BCUT2D eigenvalue weighted by Gasteiger charge is 2.17. The van der Waals surface area contributed by atoms with Crippen molar-refractivity contribution in [1.82, 2.24) is 14.8 Å². The standard InChI is InChI=1S/C12H19N3OS/c1-9-12(10(2)16)17-11(13-9)8-15-6-4-14(3)5-7-15/h4-8H2,1-3H3. The number of aromatic nitrogens is 1. The Hall–Kier alpha value is -0.780. The van der Waals surface area contributed by atoms with Crippen molar-refractivity contribution in [3.8, 4) is 0 Å². The molecule has 0 bridgehead atoms. The average Bonchev–Trinajstić information content (AvgIpc) is 2.63. The Bertz CT molecular complexity index is 408. The molecule has 0 amide bonds. The lowest BCUT2D eigenvalue weighted by atomic mass is 10.3. The molecule has 2 rings (SSSR count). The first kappa shape index (κ1) is 12.7. The van der Waals surface area contributed by atoms with E-state index >= 15 is 0 Å². The zero-order valence-electron chi connectivity index (χ0n) is 10.7. The van der Waals surface area contributed by atoms with Crippen molar-refractivity contribution in [2.45, 2.75) is 20.4 Å². The number of carbonyl (C=O) groups is 1. The van der Waals surface area contributed by atoms with Crippen molar-refractivity contribution in [3.05, 3.63) is 15.6 Å². The van der Waals surface area contributed by atoms with E-state index in [4.69, 9.17) is 0 Å². The number of Topliss-reactive ketones (excluding diaryl/α,β-unsaturated/α-hetero) is 1. The second-order valence-corrected chi connectivity index (χ2v) is 5.74. The van der Waals surface area contributed by atoms with Crippen LogP contribution >= 0.6 is 11.3 Å². The highest BCUT2D eigenvalue weighted by molar-refractivity contribution is 7.13. The third-order valence-electron chi connectivity index (χ3n) is 3.12. The number of likely N-dealkylation sites (N-methyl/N-ethyl adjacent to an activating group) is 1. The van der Waals surface area contributed by atoms with Gasteiger partial charge in [-0.15, -0.1) is 11.3 Å². The summed E-state index contributed by atoms with van der Waals surface area (Å²) < 4.78 is 0. The normalized spacial score (nSPS) is 18.5. The summed E-state index contributed by atoms with van der Waals surface area (Å²) in [7, 11) is 2.15. The summed E-state index contributed by atoms with van der Waals surface area (Å²) in [5.41, 5.74) is 0.881. The van der Waals surface area contributed by atoms with Crippen LogP contribution in [0.3, 0.4) is 0 Å². The lowest BCUT2D eigenvalue weighted by Gasteiger charge is -2.31. The van der Waals surface area contributed by atoms with E-state index < -0.39 is 0 Å². The summed E-state index contributed by atoms with van der Waals surface area (Å²) in [6.07, 6.45) is 0. The number of hydrogen-bond donors (Lipinski definition) is 0. The second kappa shape index (κ2) is 5.25. The number of thiazole rings is 1. The highest BCUT2D eigenvalue weighted by Crippen LogP contribution is 2.20. The van der Waals surface area contributed by atoms with Crippen LogP contribution in [0.5, 0.6) is 0 Å². The van der Waals surface area contributed by atoms with E-state index in [1.807, 2.05) is 6.92 Å². The predicted octanol–water partition coefficient (Wildman–Crippen LogP) is 1.40. The predicted molar refractivity (Wildman–Crippen MR) is 69.6 cm³/mol. The van der Waals surface area contributed by atoms with Crippen molar-refractivity contribution < 1.29 is 4.79 Å². The molecule has 1 aromatic rings. The summed E-state index contributed by atoms with van der Waals surface area (Å²) in [6.45, 7) is 8.82. The van der Waals surface area contributed by atoms with E-state index in [-0.39, 0.29) is 5.78 Å². The first-order valence-electron chi connectivity index (χ1n) is 5.94. The maximum Gasteiger partial charge on any atom is 0.171 e. The molecule has 0 saturated carbocycles. The van der Waals surface area contributed by atoms with Crippen molar-refractivity contribution >= 4 is 17.1 Å². The topological polar surface area (TPSA) is 36.4 Å². The van der Waals surface area contributed by atoms with Crippen molar-refractivity contribution in [3.63, 3.8) is 0 Å². The molecule has 4 nitrogen and oxygen atoms in total. The van der Waals surface area contributed by atoms with Crippen LogP contribution in [-0.4, -0.2) is 53.8 Å². The fraction of sp³-hybridized carbons (Fsp3) is 0.667. The van der Waals surface area contributed by atoms with Crippen LogP contribution in [0.1, 0.15) is 27.3 Å². The maximum atomic E-state index is 11.4. The molecule has 1 aliphatic rings. The van der Waals surface area contributed by atoms with Gasteiger partial charge in [-0.3, -0.25) is 9.69 Å². The minimum atomic E-state index is 0.129. The van der Waals surface area contributed by atoms with Gasteiger partial charge in [-0.05, 0) is 14.0 Å². The molecule has 94 valence electrons. The number of ketones is 1. The van der Waals surface area contributed by atoms with E-state index in [2.05, 4.69) is 21.8 Å². The van der Waals surface area contributed by atoms with Gasteiger partial charge in [-0.25, -0.2) is 4.98 Å². The molecule has 0 atom stereocenters. The third kappa shape index (κ3) is 3.12. The smallest absolute Gasteiger partial charge is 0.171 e. The lowest BCUT2D eigenvalue weighted by Crippen LogP contribution is -2.43. The zero-order chi connectivity index (χ0) is 12.4. The van der Waals surface area contributed by atoms with Gasteiger partial charge in [0.15, 0.2) is 5.78 Å². The molecule has 1 aliphatic heterocycles. The van der Waals surface area contributed by atoms with Gasteiger partial charge in [0.1, 0.15) is 5.01 Å². The fourth-order valence-corrected chi connectivity index (χ4v) is 3.05. The van der Waals surface area contributed by atoms with Gasteiger partial charge in [0.05, 0.1) is 17.1 Å². The third-order valence-corrected chi connectivity index (χ3v) is 4.36. The quantitative estimate of drug-likeness (QED) is 0.763.